The summed E-state index contributed by atoms with van der Waals surface area (Å²) in [5.74, 6) is 0. The zero-order valence-corrected chi connectivity index (χ0v) is 8.39. The maximum atomic E-state index is 3.84. The number of likely N-dealkylation sites (tertiary alicyclic amines) is 1. The Bertz CT molecular complexity index is 183. The first-order chi connectivity index (χ1) is 6.37. The Morgan fingerprint density at radius 3 is 2.77 bits per heavy atom. The highest BCUT2D eigenvalue weighted by Gasteiger charge is 2.40. The third-order valence-corrected chi connectivity index (χ3v) is 3.62. The minimum Gasteiger partial charge on any atom is -0.317 e. The molecule has 74 valence electrons. The first-order valence-corrected chi connectivity index (χ1v) is 5.44. The van der Waals surface area contributed by atoms with Crippen molar-refractivity contribution in [2.75, 3.05) is 26.2 Å². The van der Waals surface area contributed by atoms with Crippen LogP contribution in [0.3, 0.4) is 0 Å². The smallest absolute Gasteiger partial charge is 0.0237 e. The average Bonchev–Trinajstić information content (AvgIpc) is 2.52. The predicted molar refractivity (Wildman–Crippen MR) is 55.8 cm³/mol. The van der Waals surface area contributed by atoms with E-state index in [1.807, 2.05) is 0 Å². The maximum Gasteiger partial charge on any atom is 0.0237 e. The Labute approximate surface area is 81.0 Å². The molecule has 2 saturated heterocycles. The molecule has 0 aromatic rings. The van der Waals surface area contributed by atoms with Gasteiger partial charge in [0.1, 0.15) is 0 Å². The van der Waals surface area contributed by atoms with Gasteiger partial charge in [0, 0.05) is 12.1 Å². The fourth-order valence-electron chi connectivity index (χ4n) is 2.89. The molecule has 0 amide bonds. The minimum absolute atomic E-state index is 0.541. The number of hydrogen-bond acceptors (Lipinski definition) is 2. The van der Waals surface area contributed by atoms with Crippen molar-refractivity contribution in [3.8, 4) is 0 Å². The molecular formula is C11H20N2. The molecule has 0 unspecified atom stereocenters. The zero-order valence-electron chi connectivity index (χ0n) is 8.39. The van der Waals surface area contributed by atoms with Gasteiger partial charge >= 0.3 is 0 Å². The van der Waals surface area contributed by atoms with Gasteiger partial charge in [-0.1, -0.05) is 6.08 Å². The van der Waals surface area contributed by atoms with E-state index in [9.17, 15) is 0 Å². The van der Waals surface area contributed by atoms with Crippen LogP contribution in [0, 0.1) is 0 Å². The zero-order chi connectivity index (χ0) is 9.15. The molecule has 0 radical (unpaired) electrons. The van der Waals surface area contributed by atoms with Gasteiger partial charge in [0.2, 0.25) is 0 Å². The lowest BCUT2D eigenvalue weighted by atomic mass is 9.86. The fraction of sp³-hybridized carbons (Fsp3) is 0.818. The molecule has 2 heteroatoms. The number of rotatable bonds is 2. The SMILES string of the molecule is C=CCN1CCCC12CCNCC2. The highest BCUT2D eigenvalue weighted by molar-refractivity contribution is 5.00. The van der Waals surface area contributed by atoms with E-state index >= 15 is 0 Å². The largest absolute Gasteiger partial charge is 0.317 e. The monoisotopic (exact) mass is 180 g/mol. The van der Waals surface area contributed by atoms with E-state index in [0.29, 0.717) is 5.54 Å². The van der Waals surface area contributed by atoms with Crippen molar-refractivity contribution in [1.29, 1.82) is 0 Å². The van der Waals surface area contributed by atoms with Gasteiger partial charge in [-0.05, 0) is 45.3 Å². The van der Waals surface area contributed by atoms with E-state index in [2.05, 4.69) is 22.9 Å². The standard InChI is InChI=1S/C11H20N2/c1-2-9-13-10-3-4-11(13)5-7-12-8-6-11/h2,12H,1,3-10H2. The molecule has 1 spiro atoms. The van der Waals surface area contributed by atoms with Crippen LogP contribution in [0.25, 0.3) is 0 Å². The Morgan fingerprint density at radius 1 is 1.31 bits per heavy atom. The molecule has 13 heavy (non-hydrogen) atoms. The molecule has 1 N–H and O–H groups in total. The van der Waals surface area contributed by atoms with Gasteiger partial charge in [-0.3, -0.25) is 4.90 Å². The summed E-state index contributed by atoms with van der Waals surface area (Å²) in [5.41, 5.74) is 0.541. The van der Waals surface area contributed by atoms with Crippen molar-refractivity contribution in [3.63, 3.8) is 0 Å². The molecule has 2 rings (SSSR count). The minimum atomic E-state index is 0.541. The summed E-state index contributed by atoms with van der Waals surface area (Å²) in [7, 11) is 0. The van der Waals surface area contributed by atoms with Crippen molar-refractivity contribution >= 4 is 0 Å². The summed E-state index contributed by atoms with van der Waals surface area (Å²) in [4.78, 5) is 2.64. The summed E-state index contributed by atoms with van der Waals surface area (Å²) in [6.45, 7) is 8.62. The average molecular weight is 180 g/mol. The van der Waals surface area contributed by atoms with Gasteiger partial charge in [-0.2, -0.15) is 0 Å². The van der Waals surface area contributed by atoms with E-state index in [1.54, 1.807) is 0 Å². The molecule has 2 aliphatic rings. The lowest BCUT2D eigenvalue weighted by Crippen LogP contribution is -2.50. The molecule has 2 nitrogen and oxygen atoms in total. The molecule has 0 bridgehead atoms. The van der Waals surface area contributed by atoms with Crippen molar-refractivity contribution in [1.82, 2.24) is 10.2 Å². The fourth-order valence-corrected chi connectivity index (χ4v) is 2.89. The van der Waals surface area contributed by atoms with E-state index in [0.717, 1.165) is 6.54 Å². The Balaban J connectivity index is 2.04. The third kappa shape index (κ3) is 1.65. The second-order valence-corrected chi connectivity index (χ2v) is 4.31. The summed E-state index contributed by atoms with van der Waals surface area (Å²) in [5, 5.41) is 3.45. The highest BCUT2D eigenvalue weighted by atomic mass is 15.2. The predicted octanol–water partition coefficient (Wildman–Crippen LogP) is 1.39. The second kappa shape index (κ2) is 3.81. The molecule has 0 aromatic heterocycles. The molecular weight excluding hydrogens is 160 g/mol. The Kier molecular flexibility index (Phi) is 2.70. The molecule has 0 aliphatic carbocycles. The maximum absolute atomic E-state index is 3.84. The highest BCUT2D eigenvalue weighted by Crippen LogP contribution is 2.36. The van der Waals surface area contributed by atoms with Crippen LogP contribution in [-0.4, -0.2) is 36.6 Å². The molecule has 0 atom stereocenters. The summed E-state index contributed by atoms with van der Waals surface area (Å²) in [6, 6.07) is 0. The van der Waals surface area contributed by atoms with Crippen molar-refractivity contribution in [2.45, 2.75) is 31.2 Å². The van der Waals surface area contributed by atoms with Crippen LogP contribution in [-0.2, 0) is 0 Å². The Hall–Kier alpha value is -0.340. The van der Waals surface area contributed by atoms with Gasteiger partial charge in [-0.15, -0.1) is 6.58 Å². The van der Waals surface area contributed by atoms with Gasteiger partial charge in [0.05, 0.1) is 0 Å². The van der Waals surface area contributed by atoms with Gasteiger partial charge in [0.15, 0.2) is 0 Å². The number of hydrogen-bond donors (Lipinski definition) is 1. The molecule has 2 heterocycles. The normalized spacial score (nSPS) is 28.0. The summed E-state index contributed by atoms with van der Waals surface area (Å²) in [6.07, 6.45) is 7.51. The van der Waals surface area contributed by atoms with Crippen molar-refractivity contribution in [3.05, 3.63) is 12.7 Å². The van der Waals surface area contributed by atoms with Gasteiger partial charge in [-0.25, -0.2) is 0 Å². The molecule has 0 saturated carbocycles. The topological polar surface area (TPSA) is 15.3 Å². The van der Waals surface area contributed by atoms with Gasteiger partial charge < -0.3 is 5.32 Å². The van der Waals surface area contributed by atoms with E-state index in [-0.39, 0.29) is 0 Å². The lowest BCUT2D eigenvalue weighted by Gasteiger charge is -2.41. The summed E-state index contributed by atoms with van der Waals surface area (Å²) >= 11 is 0. The van der Waals surface area contributed by atoms with Crippen LogP contribution in [0.5, 0.6) is 0 Å². The van der Waals surface area contributed by atoms with Crippen molar-refractivity contribution < 1.29 is 0 Å². The first kappa shape index (κ1) is 9.22. The number of nitrogens with zero attached hydrogens (tertiary/aromatic N) is 1. The third-order valence-electron chi connectivity index (χ3n) is 3.62. The Morgan fingerprint density at radius 2 is 2.08 bits per heavy atom. The quantitative estimate of drug-likeness (QED) is 0.646. The van der Waals surface area contributed by atoms with E-state index in [4.69, 9.17) is 0 Å². The summed E-state index contributed by atoms with van der Waals surface area (Å²) < 4.78 is 0. The molecule has 2 fully saturated rings. The number of nitrogens with one attached hydrogen (secondary N) is 1. The van der Waals surface area contributed by atoms with Crippen LogP contribution in [0.2, 0.25) is 0 Å². The van der Waals surface area contributed by atoms with Crippen molar-refractivity contribution in [2.24, 2.45) is 0 Å². The van der Waals surface area contributed by atoms with Crippen LogP contribution < -0.4 is 5.32 Å². The van der Waals surface area contributed by atoms with Crippen LogP contribution in [0.4, 0.5) is 0 Å². The lowest BCUT2D eigenvalue weighted by molar-refractivity contribution is 0.113. The number of piperidine rings is 1. The van der Waals surface area contributed by atoms with E-state index < -0.39 is 0 Å². The second-order valence-electron chi connectivity index (χ2n) is 4.31. The van der Waals surface area contributed by atoms with Gasteiger partial charge in [0.25, 0.3) is 0 Å². The van der Waals surface area contributed by atoms with Crippen LogP contribution in [0.15, 0.2) is 12.7 Å². The first-order valence-electron chi connectivity index (χ1n) is 5.44. The van der Waals surface area contributed by atoms with Crippen LogP contribution >= 0.6 is 0 Å². The molecule has 0 aromatic carbocycles. The van der Waals surface area contributed by atoms with Crippen LogP contribution in [0.1, 0.15) is 25.7 Å². The molecule has 2 aliphatic heterocycles. The van der Waals surface area contributed by atoms with E-state index in [1.165, 1.54) is 45.3 Å².